The van der Waals surface area contributed by atoms with Gasteiger partial charge in [-0.1, -0.05) is 12.1 Å². The Bertz CT molecular complexity index is 755. The predicted molar refractivity (Wildman–Crippen MR) is 97.2 cm³/mol. The molecule has 1 aromatic carbocycles. The van der Waals surface area contributed by atoms with Crippen molar-refractivity contribution in [3.63, 3.8) is 0 Å². The zero-order chi connectivity index (χ0) is 19.1. The van der Waals surface area contributed by atoms with Crippen molar-refractivity contribution < 1.29 is 14.5 Å². The number of hydrogen-bond acceptors (Lipinski definition) is 5. The third-order valence-corrected chi connectivity index (χ3v) is 4.16. The number of nitrogens with zero attached hydrogens (tertiary/aromatic N) is 3. The molecule has 0 aliphatic rings. The lowest BCUT2D eigenvalue weighted by molar-refractivity contribution is -0.389. The second-order valence-electron chi connectivity index (χ2n) is 6.20. The van der Waals surface area contributed by atoms with Gasteiger partial charge in [0.05, 0.1) is 7.11 Å². The summed E-state index contributed by atoms with van der Waals surface area (Å²) in [5.41, 5.74) is 1.19. The van der Waals surface area contributed by atoms with Gasteiger partial charge in [0.1, 0.15) is 11.9 Å². The zero-order valence-corrected chi connectivity index (χ0v) is 15.3. The first-order chi connectivity index (χ1) is 12.4. The summed E-state index contributed by atoms with van der Waals surface area (Å²) < 4.78 is 6.76. The average molecular weight is 360 g/mol. The maximum atomic E-state index is 12.1. The Hall–Kier alpha value is -2.90. The lowest BCUT2D eigenvalue weighted by Gasteiger charge is -2.14. The van der Waals surface area contributed by atoms with Gasteiger partial charge in [0.25, 0.3) is 0 Å². The molecule has 1 N–H and O–H groups in total. The van der Waals surface area contributed by atoms with Crippen molar-refractivity contribution in [2.75, 3.05) is 7.11 Å². The fourth-order valence-corrected chi connectivity index (χ4v) is 2.62. The molecule has 26 heavy (non-hydrogen) atoms. The van der Waals surface area contributed by atoms with Gasteiger partial charge in [0, 0.05) is 25.9 Å². The first kappa shape index (κ1) is 19.4. The topological polar surface area (TPSA) is 99.3 Å². The van der Waals surface area contributed by atoms with Gasteiger partial charge in [-0.3, -0.25) is 4.79 Å². The van der Waals surface area contributed by atoms with Gasteiger partial charge in [-0.15, -0.1) is 0 Å². The van der Waals surface area contributed by atoms with Gasteiger partial charge >= 0.3 is 5.82 Å². The quantitative estimate of drug-likeness (QED) is 0.547. The van der Waals surface area contributed by atoms with Gasteiger partial charge in [-0.2, -0.15) is 0 Å². The highest BCUT2D eigenvalue weighted by Crippen LogP contribution is 2.13. The molecule has 0 aliphatic carbocycles. The van der Waals surface area contributed by atoms with Gasteiger partial charge in [0.2, 0.25) is 11.7 Å². The summed E-state index contributed by atoms with van der Waals surface area (Å²) in [5, 5.41) is 13.7. The number of aryl methyl sites for hydroxylation is 3. The third kappa shape index (κ3) is 5.58. The van der Waals surface area contributed by atoms with Crippen LogP contribution in [0.2, 0.25) is 0 Å². The van der Waals surface area contributed by atoms with Crippen LogP contribution in [-0.2, 0) is 17.8 Å². The minimum atomic E-state index is -0.537. The van der Waals surface area contributed by atoms with E-state index in [1.807, 2.05) is 31.2 Å². The van der Waals surface area contributed by atoms with Crippen molar-refractivity contribution in [1.82, 2.24) is 14.9 Å². The first-order valence-electron chi connectivity index (χ1n) is 8.49. The lowest BCUT2D eigenvalue weighted by atomic mass is 10.1. The second-order valence-corrected chi connectivity index (χ2v) is 6.20. The van der Waals surface area contributed by atoms with Crippen LogP contribution in [0.15, 0.2) is 30.5 Å². The number of nitro groups is 1. The molecule has 2 aromatic rings. The smallest absolute Gasteiger partial charge is 0.381 e. The lowest BCUT2D eigenvalue weighted by Crippen LogP contribution is -2.33. The molecule has 0 bridgehead atoms. The van der Waals surface area contributed by atoms with Crippen molar-refractivity contribution in [2.45, 2.75) is 45.7 Å². The van der Waals surface area contributed by atoms with Crippen molar-refractivity contribution in [3.05, 3.63) is 52.0 Å². The Kier molecular flexibility index (Phi) is 6.71. The van der Waals surface area contributed by atoms with E-state index in [4.69, 9.17) is 4.74 Å². The highest BCUT2D eigenvalue weighted by atomic mass is 16.6. The maximum Gasteiger partial charge on any atom is 0.381 e. The van der Waals surface area contributed by atoms with Gasteiger partial charge in [-0.05, 0) is 47.4 Å². The average Bonchev–Trinajstić information content (AvgIpc) is 3.00. The Labute approximate surface area is 152 Å². The Morgan fingerprint density at radius 2 is 2.08 bits per heavy atom. The van der Waals surface area contributed by atoms with E-state index >= 15 is 0 Å². The maximum absolute atomic E-state index is 12.1. The van der Waals surface area contributed by atoms with Crippen molar-refractivity contribution >= 4 is 11.7 Å². The first-order valence-corrected chi connectivity index (χ1v) is 8.49. The van der Waals surface area contributed by atoms with Gasteiger partial charge < -0.3 is 24.7 Å². The molecule has 2 rings (SSSR count). The van der Waals surface area contributed by atoms with Crippen LogP contribution in [0.4, 0.5) is 5.82 Å². The molecular formula is C18H24N4O4. The number of methoxy groups -OCH3 is 1. The summed E-state index contributed by atoms with van der Waals surface area (Å²) in [7, 11) is 1.64. The van der Waals surface area contributed by atoms with Crippen LogP contribution in [-0.4, -0.2) is 33.5 Å². The van der Waals surface area contributed by atoms with Crippen molar-refractivity contribution in [3.8, 4) is 5.75 Å². The van der Waals surface area contributed by atoms with Gasteiger partial charge in [0.15, 0.2) is 0 Å². The van der Waals surface area contributed by atoms with Crippen molar-refractivity contribution in [1.29, 1.82) is 0 Å². The Morgan fingerprint density at radius 3 is 2.65 bits per heavy atom. The molecule has 0 spiro atoms. The molecule has 0 aliphatic heterocycles. The van der Waals surface area contributed by atoms with E-state index in [0.29, 0.717) is 12.4 Å². The zero-order valence-electron chi connectivity index (χ0n) is 15.3. The van der Waals surface area contributed by atoms with Crippen LogP contribution in [0.3, 0.4) is 0 Å². The number of hydrogen-bond donors (Lipinski definition) is 1. The molecule has 0 saturated heterocycles. The van der Waals surface area contributed by atoms with E-state index < -0.39 is 4.92 Å². The molecule has 0 fully saturated rings. The molecule has 140 valence electrons. The molecule has 1 amide bonds. The van der Waals surface area contributed by atoms with E-state index in [9.17, 15) is 14.9 Å². The molecule has 1 unspecified atom stereocenters. The van der Waals surface area contributed by atoms with Gasteiger partial charge in [-0.25, -0.2) is 0 Å². The largest absolute Gasteiger partial charge is 0.497 e. The minimum absolute atomic E-state index is 0.0443. The molecule has 1 aromatic heterocycles. The summed E-state index contributed by atoms with van der Waals surface area (Å²) in [5.74, 6) is 1.07. The summed E-state index contributed by atoms with van der Waals surface area (Å²) in [6.07, 6.45) is 3.29. The standard InChI is InChI=1S/C18H24N4O4/c1-13(4-5-15-6-8-16(26-3)9-7-15)19-18(23)10-11-21-12-17(22(24)25)20-14(21)2/h6-9,12-13H,4-5,10-11H2,1-3H3,(H,19,23). The number of rotatable bonds is 9. The van der Waals surface area contributed by atoms with E-state index in [1.165, 1.54) is 11.8 Å². The van der Waals surface area contributed by atoms with E-state index in [1.54, 1.807) is 18.6 Å². The molecular weight excluding hydrogens is 336 g/mol. The summed E-state index contributed by atoms with van der Waals surface area (Å²) in [6, 6.07) is 7.92. The monoisotopic (exact) mass is 360 g/mol. The van der Waals surface area contributed by atoms with Crippen molar-refractivity contribution in [2.24, 2.45) is 0 Å². The fraction of sp³-hybridized carbons (Fsp3) is 0.444. The van der Waals surface area contributed by atoms with Crippen LogP contribution >= 0.6 is 0 Å². The van der Waals surface area contributed by atoms with Crippen LogP contribution in [0.5, 0.6) is 5.75 Å². The summed E-state index contributed by atoms with van der Waals surface area (Å²) in [4.78, 5) is 26.1. The number of nitrogens with one attached hydrogen (secondary N) is 1. The molecule has 8 heteroatoms. The highest BCUT2D eigenvalue weighted by Gasteiger charge is 2.16. The number of benzene rings is 1. The van der Waals surface area contributed by atoms with Crippen LogP contribution in [0.25, 0.3) is 0 Å². The van der Waals surface area contributed by atoms with E-state index in [-0.39, 0.29) is 24.2 Å². The fourth-order valence-electron chi connectivity index (χ4n) is 2.62. The molecule has 0 radical (unpaired) electrons. The number of ether oxygens (including phenoxy) is 1. The highest BCUT2D eigenvalue weighted by molar-refractivity contribution is 5.76. The second kappa shape index (κ2) is 8.98. The third-order valence-electron chi connectivity index (χ3n) is 4.16. The Morgan fingerprint density at radius 1 is 1.38 bits per heavy atom. The molecule has 1 heterocycles. The van der Waals surface area contributed by atoms with E-state index in [0.717, 1.165) is 18.6 Å². The van der Waals surface area contributed by atoms with Crippen LogP contribution in [0.1, 0.15) is 31.2 Å². The molecule has 8 nitrogen and oxygen atoms in total. The number of carbonyl (C=O) groups excluding carboxylic acids is 1. The number of imidazole rings is 1. The summed E-state index contributed by atoms with van der Waals surface area (Å²) >= 11 is 0. The van der Waals surface area contributed by atoms with Crippen LogP contribution < -0.4 is 10.1 Å². The minimum Gasteiger partial charge on any atom is -0.497 e. The summed E-state index contributed by atoms with van der Waals surface area (Å²) in [6.45, 7) is 4.01. The predicted octanol–water partition coefficient (Wildman–Crippen LogP) is 2.64. The number of carbonyl (C=O) groups is 1. The van der Waals surface area contributed by atoms with E-state index in [2.05, 4.69) is 10.3 Å². The Balaban J connectivity index is 1.75. The number of amides is 1. The molecule has 0 saturated carbocycles. The molecule has 1 atom stereocenters. The van der Waals surface area contributed by atoms with Crippen LogP contribution in [0, 0.1) is 17.0 Å². The number of aromatic nitrogens is 2. The SMILES string of the molecule is COc1ccc(CCC(C)NC(=O)CCn2cc([N+](=O)[O-])nc2C)cc1. The normalized spacial score (nSPS) is 11.8.